The molecule has 9 amide bonds. The van der Waals surface area contributed by atoms with E-state index in [0.29, 0.717) is 33.7 Å². The van der Waals surface area contributed by atoms with Crippen LogP contribution in [0.15, 0.2) is 30.3 Å². The largest absolute Gasteiger partial charge is 0.483 e. The van der Waals surface area contributed by atoms with E-state index in [1.165, 1.54) is 13.8 Å². The minimum Gasteiger partial charge on any atom is -0.483 e. The molecule has 0 aliphatic carbocycles. The predicted octanol–water partition coefficient (Wildman–Crippen LogP) is -2.64. The van der Waals surface area contributed by atoms with Crippen molar-refractivity contribution in [3.8, 4) is 11.5 Å². The minimum absolute atomic E-state index is 0.0767. The van der Waals surface area contributed by atoms with Gasteiger partial charge in [0.1, 0.15) is 47.3 Å². The van der Waals surface area contributed by atoms with E-state index in [9.17, 15) is 53.1 Å². The van der Waals surface area contributed by atoms with Gasteiger partial charge in [0.15, 0.2) is 12.3 Å². The Morgan fingerprint density at radius 3 is 2.17 bits per heavy atom. The molecular formula is C46H56N10O13. The topological polar surface area (TPSA) is 330 Å². The number of ether oxygens (including phenoxy) is 2. The molecule has 23 nitrogen and oxygen atoms in total. The molecule has 6 aliphatic heterocycles. The third kappa shape index (κ3) is 9.53. The van der Waals surface area contributed by atoms with E-state index < -0.39 is 126 Å². The summed E-state index contributed by atoms with van der Waals surface area (Å²) in [5.74, 6) is -7.50. The van der Waals surface area contributed by atoms with Gasteiger partial charge in [-0.15, -0.1) is 0 Å². The zero-order chi connectivity index (χ0) is 49.5. The second-order valence-electron chi connectivity index (χ2n) is 18.8. The third-order valence-electron chi connectivity index (χ3n) is 13.8. The highest BCUT2D eigenvalue weighted by Crippen LogP contribution is 2.59. The Bertz CT molecular complexity index is 2540. The number of rotatable bonds is 4. The molecule has 23 heteroatoms. The number of carboxylic acids is 1. The third-order valence-corrected chi connectivity index (χ3v) is 13.8. The lowest BCUT2D eigenvalue weighted by atomic mass is 9.70. The summed E-state index contributed by atoms with van der Waals surface area (Å²) < 4.78 is 13.6. The van der Waals surface area contributed by atoms with Crippen molar-refractivity contribution in [2.75, 3.05) is 25.0 Å². The van der Waals surface area contributed by atoms with Gasteiger partial charge in [-0.05, 0) is 74.6 Å². The summed E-state index contributed by atoms with van der Waals surface area (Å²) in [5, 5.41) is 37.3. The van der Waals surface area contributed by atoms with Gasteiger partial charge in [-0.25, -0.2) is 4.79 Å². The van der Waals surface area contributed by atoms with Crippen LogP contribution in [0.5, 0.6) is 11.5 Å². The fourth-order valence-corrected chi connectivity index (χ4v) is 10.1. The normalized spacial score (nSPS) is 31.7. The Balaban J connectivity index is 1.31. The van der Waals surface area contributed by atoms with E-state index in [0.717, 1.165) is 0 Å². The summed E-state index contributed by atoms with van der Waals surface area (Å²) in [5.41, 5.74) is -0.462. The van der Waals surface area contributed by atoms with Crippen LogP contribution in [0, 0.1) is 5.92 Å². The van der Waals surface area contributed by atoms with Crippen molar-refractivity contribution in [3.05, 3.63) is 52.6 Å². The fraction of sp³-hybridized carbons (Fsp3) is 0.522. The first-order valence-electron chi connectivity index (χ1n) is 23.0. The lowest BCUT2D eigenvalue weighted by Gasteiger charge is -2.36. The molecule has 1 saturated heterocycles. The highest BCUT2D eigenvalue weighted by Gasteiger charge is 2.59. The van der Waals surface area contributed by atoms with Crippen molar-refractivity contribution in [1.82, 2.24) is 47.9 Å². The molecule has 1 spiro atoms. The lowest BCUT2D eigenvalue weighted by Crippen LogP contribution is -2.59. The summed E-state index contributed by atoms with van der Waals surface area (Å²) in [7, 11) is 0. The van der Waals surface area contributed by atoms with Crippen LogP contribution in [-0.2, 0) is 66.2 Å². The molecule has 6 aliphatic rings. The van der Waals surface area contributed by atoms with Gasteiger partial charge in [-0.1, -0.05) is 38.1 Å². The van der Waals surface area contributed by atoms with E-state index >= 15 is 0 Å². The molecule has 11 N–H and O–H groups in total. The van der Waals surface area contributed by atoms with E-state index in [4.69, 9.17) is 9.47 Å². The summed E-state index contributed by atoms with van der Waals surface area (Å²) in [6.45, 7) is 4.57. The number of carbonyl (C=O) groups excluding carboxylic acids is 9. The number of carbonyl (C=O) groups is 10. The van der Waals surface area contributed by atoms with Crippen molar-refractivity contribution >= 4 is 64.8 Å². The Kier molecular flexibility index (Phi) is 13.2. The average molecular weight is 957 g/mol. The Hall–Kier alpha value is -7.46. The summed E-state index contributed by atoms with van der Waals surface area (Å²) in [6.07, 6.45) is -0.622. The van der Waals surface area contributed by atoms with Crippen molar-refractivity contribution in [2.45, 2.75) is 126 Å². The molecule has 6 heterocycles. The number of para-hydroxylation sites is 1. The van der Waals surface area contributed by atoms with Crippen molar-refractivity contribution in [1.29, 1.82) is 0 Å². The average Bonchev–Trinajstić information content (AvgIpc) is 3.97. The second-order valence-corrected chi connectivity index (χ2v) is 18.8. The van der Waals surface area contributed by atoms with Crippen molar-refractivity contribution in [3.63, 3.8) is 0 Å². The summed E-state index contributed by atoms with van der Waals surface area (Å²) in [4.78, 5) is 135. The number of amides is 9. The number of carboxylic acid groups (broad SMARTS) is 1. The SMILES string of the molecule is CC[C@@]1(C)Oc2cccc3c2N[C@@H]2Oc4c5cc6cc4[C@]32C[C@H](NC(=O)[C@H](C)NC(=O)CNC(=O)[C@H](C6)NC(=O)[C@@H](NC(=O)C2CCC(=O)N2)C[C@@H](C)C5)C(=O)NCC(=O)NCC(=O)N[C@@H]1C(=O)O. The van der Waals surface area contributed by atoms with Gasteiger partial charge in [-0.2, -0.15) is 0 Å². The minimum atomic E-state index is -1.62. The molecule has 69 heavy (non-hydrogen) atoms. The Labute approximate surface area is 395 Å². The van der Waals surface area contributed by atoms with Crippen LogP contribution in [0.2, 0.25) is 0 Å². The van der Waals surface area contributed by atoms with Crippen molar-refractivity contribution < 1.29 is 62.5 Å². The van der Waals surface area contributed by atoms with Gasteiger partial charge in [0.25, 0.3) is 0 Å². The molecule has 9 bridgehead atoms. The lowest BCUT2D eigenvalue weighted by molar-refractivity contribution is -0.148. The smallest absolute Gasteiger partial charge is 0.330 e. The monoisotopic (exact) mass is 956 g/mol. The maximum Gasteiger partial charge on any atom is 0.330 e. The summed E-state index contributed by atoms with van der Waals surface area (Å²) in [6, 6.07) is 1.02. The maximum absolute atomic E-state index is 14.5. The molecular weight excluding hydrogens is 901 g/mol. The number of hydrogen-bond donors (Lipinski definition) is 11. The number of benzene rings is 2. The highest BCUT2D eigenvalue weighted by atomic mass is 16.5. The van der Waals surface area contributed by atoms with Crippen LogP contribution in [0.25, 0.3) is 0 Å². The van der Waals surface area contributed by atoms with Crippen LogP contribution in [0.1, 0.15) is 82.1 Å². The first-order valence-corrected chi connectivity index (χ1v) is 23.0. The number of aliphatic carboxylic acids is 1. The Morgan fingerprint density at radius 2 is 1.46 bits per heavy atom. The quantitative estimate of drug-likeness (QED) is 0.149. The molecule has 0 aromatic heterocycles. The first kappa shape index (κ1) is 48.0. The molecule has 1 unspecified atom stereocenters. The van der Waals surface area contributed by atoms with E-state index in [1.807, 2.05) is 13.0 Å². The Morgan fingerprint density at radius 1 is 0.768 bits per heavy atom. The fourth-order valence-electron chi connectivity index (χ4n) is 10.1. The van der Waals surface area contributed by atoms with E-state index in [-0.39, 0.29) is 62.5 Å². The molecule has 368 valence electrons. The number of anilines is 1. The van der Waals surface area contributed by atoms with Crippen LogP contribution in [0.3, 0.4) is 0 Å². The number of fused-ring (bicyclic) bond motifs is 4. The molecule has 2 aromatic rings. The van der Waals surface area contributed by atoms with Crippen molar-refractivity contribution in [2.24, 2.45) is 5.92 Å². The van der Waals surface area contributed by atoms with Gasteiger partial charge in [-0.3, -0.25) is 43.2 Å². The highest BCUT2D eigenvalue weighted by molar-refractivity contribution is 5.98. The number of nitrogens with one attached hydrogen (secondary N) is 10. The predicted molar refractivity (Wildman–Crippen MR) is 240 cm³/mol. The molecule has 8 rings (SSSR count). The van der Waals surface area contributed by atoms with Crippen LogP contribution >= 0.6 is 0 Å². The maximum atomic E-state index is 14.5. The van der Waals surface area contributed by atoms with E-state index in [1.54, 1.807) is 31.2 Å². The van der Waals surface area contributed by atoms with Gasteiger partial charge in [0.05, 0.1) is 30.7 Å². The zero-order valence-corrected chi connectivity index (χ0v) is 38.4. The van der Waals surface area contributed by atoms with Gasteiger partial charge in [0, 0.05) is 18.4 Å². The van der Waals surface area contributed by atoms with Gasteiger partial charge < -0.3 is 67.7 Å². The van der Waals surface area contributed by atoms with Crippen LogP contribution < -0.4 is 62.6 Å². The molecule has 0 radical (unpaired) electrons. The van der Waals surface area contributed by atoms with Gasteiger partial charge in [0.2, 0.25) is 53.2 Å². The molecule has 2 aromatic carbocycles. The standard InChI is InChI=1S/C46H56N10O13/c1-5-45(4)37(43(66)67)55-34(60)18-47-32(58)17-48-40(63)29-16-46-24-7-6-8-30(69-45)35(24)56-44(46)68-36-23-11-20(2)12-27(52-41(64)26-9-10-31(57)51-26)42(65)53-28(15-22(13-23)14-25(36)46)39(62)49-19-33(59)50-21(3)38(61)54-29/h6-8,13-14,20-21,26-29,37,44,56H,5,9-12,15-19H2,1-4H3,(H,47,58)(H,48,63)(H,49,62)(H,50,59)(H,51,57)(H,52,64)(H,53,65)(H,54,61)(H,55,60)(H,66,67)/t20-,21-,26?,27-,28-,29-,37+,44+,45+,46-/m0/s1. The second kappa shape index (κ2) is 18.9. The molecule has 0 saturated carbocycles. The zero-order valence-electron chi connectivity index (χ0n) is 38.4. The molecule has 10 atom stereocenters. The van der Waals surface area contributed by atoms with Crippen LogP contribution in [-0.4, -0.2) is 132 Å². The first-order chi connectivity index (χ1) is 32.8. The van der Waals surface area contributed by atoms with Crippen LogP contribution in [0.4, 0.5) is 5.69 Å². The van der Waals surface area contributed by atoms with Gasteiger partial charge >= 0.3 is 5.97 Å². The molecule has 1 fully saturated rings. The van der Waals surface area contributed by atoms with E-state index in [2.05, 4.69) is 53.2 Å². The summed E-state index contributed by atoms with van der Waals surface area (Å²) >= 11 is 0. The number of hydrogen-bond acceptors (Lipinski definition) is 13.